The molecule has 2 N–H and O–H groups in total. The Kier molecular flexibility index (Phi) is 3.63. The van der Waals surface area contributed by atoms with E-state index in [1.165, 1.54) is 19.2 Å². The molecule has 0 spiro atoms. The SMILES string of the molecule is CN1C(=O)c2cc(CC(=O)c3c(F)cccc3F)cc(N)c2C1=O. The van der Waals surface area contributed by atoms with Gasteiger partial charge in [-0.2, -0.15) is 0 Å². The molecule has 7 heteroatoms. The van der Waals surface area contributed by atoms with Gasteiger partial charge in [-0.1, -0.05) is 6.07 Å². The minimum Gasteiger partial charge on any atom is -0.398 e. The van der Waals surface area contributed by atoms with Crippen LogP contribution in [0.25, 0.3) is 0 Å². The Labute approximate surface area is 135 Å². The second-order valence-electron chi connectivity index (χ2n) is 5.47. The van der Waals surface area contributed by atoms with Gasteiger partial charge < -0.3 is 5.73 Å². The molecule has 2 aromatic rings. The van der Waals surface area contributed by atoms with Gasteiger partial charge in [0.15, 0.2) is 5.78 Å². The predicted octanol–water partition coefficient (Wildman–Crippen LogP) is 2.20. The average Bonchev–Trinajstić information content (AvgIpc) is 2.72. The van der Waals surface area contributed by atoms with E-state index in [1.54, 1.807) is 0 Å². The first kappa shape index (κ1) is 15.8. The Morgan fingerprint density at radius 2 is 1.75 bits per heavy atom. The van der Waals surface area contributed by atoms with Gasteiger partial charge in [0, 0.05) is 19.2 Å². The molecule has 3 rings (SSSR count). The maximum absolute atomic E-state index is 13.7. The topological polar surface area (TPSA) is 80.5 Å². The summed E-state index contributed by atoms with van der Waals surface area (Å²) in [4.78, 5) is 37.1. The number of rotatable bonds is 3. The summed E-state index contributed by atoms with van der Waals surface area (Å²) in [5, 5.41) is 0. The van der Waals surface area contributed by atoms with Crippen molar-refractivity contribution in [2.24, 2.45) is 0 Å². The third-order valence-electron chi connectivity index (χ3n) is 3.89. The van der Waals surface area contributed by atoms with Gasteiger partial charge in [-0.05, 0) is 29.8 Å². The minimum atomic E-state index is -0.958. The van der Waals surface area contributed by atoms with E-state index in [4.69, 9.17) is 5.73 Å². The van der Waals surface area contributed by atoms with Gasteiger partial charge in [-0.3, -0.25) is 19.3 Å². The summed E-state index contributed by atoms with van der Waals surface area (Å²) in [7, 11) is 1.32. The molecule has 0 aliphatic carbocycles. The highest BCUT2D eigenvalue weighted by molar-refractivity contribution is 6.23. The Balaban J connectivity index is 1.99. The average molecular weight is 330 g/mol. The van der Waals surface area contributed by atoms with Crippen LogP contribution in [0.2, 0.25) is 0 Å². The first-order chi connectivity index (χ1) is 11.3. The van der Waals surface area contributed by atoms with Crippen LogP contribution in [0, 0.1) is 11.6 Å². The Bertz CT molecular complexity index is 889. The minimum absolute atomic E-state index is 0.0482. The number of halogens is 2. The van der Waals surface area contributed by atoms with Crippen molar-refractivity contribution in [2.45, 2.75) is 6.42 Å². The van der Waals surface area contributed by atoms with Crippen molar-refractivity contribution >= 4 is 23.3 Å². The quantitative estimate of drug-likeness (QED) is 0.531. The van der Waals surface area contributed by atoms with Gasteiger partial charge in [0.2, 0.25) is 0 Å². The number of fused-ring (bicyclic) bond motifs is 1. The lowest BCUT2D eigenvalue weighted by molar-refractivity contribution is 0.0693. The highest BCUT2D eigenvalue weighted by Gasteiger charge is 2.35. The summed E-state index contributed by atoms with van der Waals surface area (Å²) in [6, 6.07) is 5.86. The number of Topliss-reactive ketones (excluding diaryl/α,β-unsaturated/α-hetero) is 1. The fraction of sp³-hybridized carbons (Fsp3) is 0.118. The van der Waals surface area contributed by atoms with Crippen molar-refractivity contribution in [3.8, 4) is 0 Å². The first-order valence-electron chi connectivity index (χ1n) is 7.03. The number of nitrogens with two attached hydrogens (primary N) is 1. The molecular formula is C17H12F2N2O3. The molecule has 122 valence electrons. The summed E-state index contributed by atoms with van der Waals surface area (Å²) >= 11 is 0. The van der Waals surface area contributed by atoms with Crippen molar-refractivity contribution in [3.05, 3.63) is 64.2 Å². The highest BCUT2D eigenvalue weighted by Crippen LogP contribution is 2.29. The standard InChI is InChI=1S/C17H12F2N2O3/c1-21-16(23)9-5-8(6-12(20)14(9)17(21)24)7-13(22)15-10(18)3-2-4-11(15)19/h2-6H,7,20H2,1H3. The number of ketones is 1. The van der Waals surface area contributed by atoms with Crippen molar-refractivity contribution in [1.82, 2.24) is 4.90 Å². The lowest BCUT2D eigenvalue weighted by Gasteiger charge is -2.07. The second-order valence-corrected chi connectivity index (χ2v) is 5.47. The fourth-order valence-corrected chi connectivity index (χ4v) is 2.71. The number of benzene rings is 2. The van der Waals surface area contributed by atoms with Crippen molar-refractivity contribution in [3.63, 3.8) is 0 Å². The highest BCUT2D eigenvalue weighted by atomic mass is 19.1. The number of anilines is 1. The molecule has 1 aliphatic heterocycles. The summed E-state index contributed by atoms with van der Waals surface area (Å²) in [6.45, 7) is 0. The smallest absolute Gasteiger partial charge is 0.263 e. The zero-order chi connectivity index (χ0) is 17.6. The molecule has 0 saturated heterocycles. The zero-order valence-corrected chi connectivity index (χ0v) is 12.6. The lowest BCUT2D eigenvalue weighted by atomic mass is 9.97. The summed E-state index contributed by atoms with van der Waals surface area (Å²) in [6.07, 6.45) is -0.347. The number of amides is 2. The number of carbonyl (C=O) groups excluding carboxylic acids is 3. The molecule has 0 atom stereocenters. The van der Waals surface area contributed by atoms with Crippen LogP contribution < -0.4 is 5.73 Å². The molecule has 5 nitrogen and oxygen atoms in total. The van der Waals surface area contributed by atoms with Crippen LogP contribution in [-0.2, 0) is 6.42 Å². The number of nitrogen functional groups attached to an aromatic ring is 1. The molecule has 0 bridgehead atoms. The van der Waals surface area contributed by atoms with E-state index < -0.39 is 34.8 Å². The maximum Gasteiger partial charge on any atom is 0.263 e. The van der Waals surface area contributed by atoms with Crippen molar-refractivity contribution in [2.75, 3.05) is 12.8 Å². The van der Waals surface area contributed by atoms with E-state index in [0.717, 1.165) is 23.1 Å². The van der Waals surface area contributed by atoms with Crippen LogP contribution in [0.4, 0.5) is 14.5 Å². The number of hydrogen-bond donors (Lipinski definition) is 1. The van der Waals surface area contributed by atoms with Gasteiger partial charge in [0.25, 0.3) is 11.8 Å². The van der Waals surface area contributed by atoms with Crippen LogP contribution in [0.5, 0.6) is 0 Å². The maximum atomic E-state index is 13.7. The number of imide groups is 1. The number of carbonyl (C=O) groups is 3. The number of hydrogen-bond acceptors (Lipinski definition) is 4. The molecule has 0 fully saturated rings. The normalized spacial score (nSPS) is 13.4. The summed E-state index contributed by atoms with van der Waals surface area (Å²) in [5.74, 6) is -3.76. The molecule has 0 aromatic heterocycles. The molecule has 0 radical (unpaired) electrons. The van der Waals surface area contributed by atoms with Crippen LogP contribution in [0.3, 0.4) is 0 Å². The van der Waals surface area contributed by atoms with E-state index in [0.29, 0.717) is 5.56 Å². The van der Waals surface area contributed by atoms with E-state index in [2.05, 4.69) is 0 Å². The zero-order valence-electron chi connectivity index (χ0n) is 12.6. The third kappa shape index (κ3) is 2.34. The van der Waals surface area contributed by atoms with Gasteiger partial charge in [-0.25, -0.2) is 8.78 Å². The molecule has 1 heterocycles. The summed E-state index contributed by atoms with van der Waals surface area (Å²) in [5.41, 5.74) is 5.67. The van der Waals surface area contributed by atoms with Gasteiger partial charge in [0.05, 0.1) is 16.7 Å². The molecule has 0 unspecified atom stereocenters. The van der Waals surface area contributed by atoms with E-state index in [1.807, 2.05) is 0 Å². The summed E-state index contributed by atoms with van der Waals surface area (Å²) < 4.78 is 27.4. The van der Waals surface area contributed by atoms with Gasteiger partial charge >= 0.3 is 0 Å². The lowest BCUT2D eigenvalue weighted by Crippen LogP contribution is -2.24. The molecule has 0 saturated carbocycles. The van der Waals surface area contributed by atoms with Crippen LogP contribution in [0.1, 0.15) is 36.6 Å². The van der Waals surface area contributed by atoms with E-state index in [9.17, 15) is 23.2 Å². The largest absolute Gasteiger partial charge is 0.398 e. The molecule has 2 aromatic carbocycles. The van der Waals surface area contributed by atoms with Crippen LogP contribution in [-0.4, -0.2) is 29.5 Å². The van der Waals surface area contributed by atoms with Crippen molar-refractivity contribution < 1.29 is 23.2 Å². The molecule has 24 heavy (non-hydrogen) atoms. The Morgan fingerprint density at radius 1 is 1.12 bits per heavy atom. The van der Waals surface area contributed by atoms with Crippen LogP contribution in [0.15, 0.2) is 30.3 Å². The van der Waals surface area contributed by atoms with Crippen LogP contribution >= 0.6 is 0 Å². The molecule has 1 aliphatic rings. The second kappa shape index (κ2) is 5.52. The van der Waals surface area contributed by atoms with Crippen molar-refractivity contribution in [1.29, 1.82) is 0 Å². The van der Waals surface area contributed by atoms with E-state index in [-0.39, 0.29) is 23.2 Å². The molecular weight excluding hydrogens is 318 g/mol. The number of nitrogens with zero attached hydrogens (tertiary/aromatic N) is 1. The van der Waals surface area contributed by atoms with Gasteiger partial charge in [-0.15, -0.1) is 0 Å². The predicted molar refractivity (Wildman–Crippen MR) is 81.7 cm³/mol. The fourth-order valence-electron chi connectivity index (χ4n) is 2.71. The Morgan fingerprint density at radius 3 is 2.38 bits per heavy atom. The van der Waals surface area contributed by atoms with Gasteiger partial charge in [0.1, 0.15) is 11.6 Å². The monoisotopic (exact) mass is 330 g/mol. The Hall–Kier alpha value is -3.09. The third-order valence-corrected chi connectivity index (χ3v) is 3.89. The first-order valence-corrected chi connectivity index (χ1v) is 7.03. The van der Waals surface area contributed by atoms with E-state index >= 15 is 0 Å². The molecule has 2 amide bonds.